The standard InChI is InChI=1S/C10H10BrClO3.C10H11ClO3/c1-14-8-4-6(10(13)15-2)3-7(5-11)9(8)12;1-6-4-7(10(12)14-3)5-8(13-2)9(6)11/h3-4H,5H2,1-2H3;4-5H,1-3H3. The molecule has 0 radical (unpaired) electrons. The molecule has 0 aliphatic carbocycles. The third-order valence-corrected chi connectivity index (χ3v) is 5.28. The molecule has 29 heavy (non-hydrogen) atoms. The van der Waals surface area contributed by atoms with Crippen LogP contribution in [0, 0.1) is 6.92 Å². The zero-order chi connectivity index (χ0) is 22.1. The van der Waals surface area contributed by atoms with E-state index in [0.717, 1.165) is 11.1 Å². The monoisotopic (exact) mass is 506 g/mol. The van der Waals surface area contributed by atoms with Gasteiger partial charge in [-0.2, -0.15) is 0 Å². The van der Waals surface area contributed by atoms with Gasteiger partial charge in [0.1, 0.15) is 11.5 Å². The van der Waals surface area contributed by atoms with Crippen LogP contribution < -0.4 is 9.47 Å². The number of methoxy groups -OCH3 is 4. The average Bonchev–Trinajstić information content (AvgIpc) is 2.74. The normalized spacial score (nSPS) is 9.79. The molecule has 2 rings (SSSR count). The van der Waals surface area contributed by atoms with Gasteiger partial charge in [-0.25, -0.2) is 9.59 Å². The third-order valence-electron chi connectivity index (χ3n) is 3.76. The lowest BCUT2D eigenvalue weighted by Gasteiger charge is -2.09. The minimum atomic E-state index is -0.410. The lowest BCUT2D eigenvalue weighted by atomic mass is 10.1. The molecule has 6 nitrogen and oxygen atoms in total. The van der Waals surface area contributed by atoms with Crippen LogP contribution in [0.5, 0.6) is 11.5 Å². The summed E-state index contributed by atoms with van der Waals surface area (Å²) < 4.78 is 19.3. The number of esters is 2. The summed E-state index contributed by atoms with van der Waals surface area (Å²) >= 11 is 15.2. The number of alkyl halides is 1. The number of aryl methyl sites for hydroxylation is 1. The fourth-order valence-electron chi connectivity index (χ4n) is 2.26. The Hall–Kier alpha value is -1.96. The Balaban J connectivity index is 0.000000291. The van der Waals surface area contributed by atoms with Gasteiger partial charge in [0.2, 0.25) is 0 Å². The number of ether oxygens (including phenoxy) is 4. The van der Waals surface area contributed by atoms with E-state index in [1.165, 1.54) is 28.4 Å². The number of carbonyl (C=O) groups excluding carboxylic acids is 2. The highest BCUT2D eigenvalue weighted by atomic mass is 79.9. The summed E-state index contributed by atoms with van der Waals surface area (Å²) in [5.41, 5.74) is 2.43. The van der Waals surface area contributed by atoms with E-state index >= 15 is 0 Å². The molecule has 0 saturated carbocycles. The van der Waals surface area contributed by atoms with Crippen LogP contribution >= 0.6 is 39.1 Å². The Bertz CT molecular complexity index is 861. The highest BCUT2D eigenvalue weighted by molar-refractivity contribution is 9.08. The summed E-state index contributed by atoms with van der Waals surface area (Å²) in [4.78, 5) is 22.5. The first kappa shape index (κ1) is 25.1. The molecule has 0 saturated heterocycles. The van der Waals surface area contributed by atoms with Gasteiger partial charge in [-0.05, 0) is 42.3 Å². The van der Waals surface area contributed by atoms with E-state index in [4.69, 9.17) is 32.7 Å². The van der Waals surface area contributed by atoms with Gasteiger partial charge < -0.3 is 18.9 Å². The maximum atomic E-state index is 11.3. The van der Waals surface area contributed by atoms with Gasteiger partial charge in [-0.15, -0.1) is 0 Å². The number of carbonyl (C=O) groups is 2. The number of halogens is 3. The topological polar surface area (TPSA) is 71.1 Å². The molecule has 0 aliphatic rings. The molecule has 0 amide bonds. The van der Waals surface area contributed by atoms with E-state index in [1.807, 2.05) is 0 Å². The van der Waals surface area contributed by atoms with Crippen LogP contribution in [0.2, 0.25) is 10.0 Å². The third kappa shape index (κ3) is 6.52. The molecular formula is C20H21BrCl2O6. The fourth-order valence-corrected chi connectivity index (χ4v) is 3.30. The zero-order valence-corrected chi connectivity index (χ0v) is 19.7. The molecule has 0 bridgehead atoms. The highest BCUT2D eigenvalue weighted by Gasteiger charge is 2.14. The van der Waals surface area contributed by atoms with Gasteiger partial charge >= 0.3 is 11.9 Å². The molecule has 0 spiro atoms. The van der Waals surface area contributed by atoms with Crippen molar-refractivity contribution in [1.82, 2.24) is 0 Å². The van der Waals surface area contributed by atoms with Crippen molar-refractivity contribution in [2.45, 2.75) is 12.3 Å². The number of benzene rings is 2. The molecule has 0 heterocycles. The summed E-state index contributed by atoms with van der Waals surface area (Å²) in [6.07, 6.45) is 0. The summed E-state index contributed by atoms with van der Waals surface area (Å²) in [7, 11) is 5.66. The summed E-state index contributed by atoms with van der Waals surface area (Å²) in [5, 5.41) is 1.56. The quantitative estimate of drug-likeness (QED) is 0.394. The molecule has 0 aromatic heterocycles. The minimum Gasteiger partial charge on any atom is -0.495 e. The second kappa shape index (κ2) is 11.9. The second-order valence-electron chi connectivity index (χ2n) is 5.58. The summed E-state index contributed by atoms with van der Waals surface area (Å²) in [6.45, 7) is 1.80. The number of rotatable bonds is 5. The Morgan fingerprint density at radius 3 is 1.69 bits per heavy atom. The van der Waals surface area contributed by atoms with Gasteiger partial charge in [0.05, 0.1) is 49.6 Å². The van der Waals surface area contributed by atoms with Gasteiger partial charge in [-0.3, -0.25) is 0 Å². The van der Waals surface area contributed by atoms with Gasteiger partial charge in [0.15, 0.2) is 0 Å². The molecule has 0 atom stereocenters. The summed E-state index contributed by atoms with van der Waals surface area (Å²) in [5.74, 6) is 0.135. The summed E-state index contributed by atoms with van der Waals surface area (Å²) in [6, 6.07) is 6.45. The van der Waals surface area contributed by atoms with E-state index in [0.29, 0.717) is 38.0 Å². The second-order valence-corrected chi connectivity index (χ2v) is 6.89. The van der Waals surface area contributed by atoms with Crippen LogP contribution in [0.25, 0.3) is 0 Å². The maximum absolute atomic E-state index is 11.3. The van der Waals surface area contributed by atoms with Gasteiger partial charge in [0.25, 0.3) is 0 Å². The number of hydrogen-bond acceptors (Lipinski definition) is 6. The van der Waals surface area contributed by atoms with E-state index < -0.39 is 11.9 Å². The predicted molar refractivity (Wildman–Crippen MR) is 116 cm³/mol. The first-order valence-electron chi connectivity index (χ1n) is 8.17. The van der Waals surface area contributed by atoms with Crippen LogP contribution in [0.15, 0.2) is 24.3 Å². The Morgan fingerprint density at radius 1 is 0.828 bits per heavy atom. The fraction of sp³-hybridized carbons (Fsp3) is 0.300. The first-order chi connectivity index (χ1) is 13.7. The van der Waals surface area contributed by atoms with Crippen molar-refractivity contribution in [3.05, 3.63) is 56.6 Å². The van der Waals surface area contributed by atoms with Crippen molar-refractivity contribution >= 4 is 51.1 Å². The first-order valence-corrected chi connectivity index (χ1v) is 10.0. The SMILES string of the molecule is COC(=O)c1cc(C)c(Cl)c(OC)c1.COC(=O)c1cc(CBr)c(Cl)c(OC)c1. The maximum Gasteiger partial charge on any atom is 0.337 e. The zero-order valence-electron chi connectivity index (χ0n) is 16.6. The molecule has 0 N–H and O–H groups in total. The largest absolute Gasteiger partial charge is 0.495 e. The van der Waals surface area contributed by atoms with Crippen molar-refractivity contribution < 1.29 is 28.5 Å². The molecule has 9 heteroatoms. The minimum absolute atomic E-state index is 0.400. The smallest absolute Gasteiger partial charge is 0.337 e. The van der Waals surface area contributed by atoms with Crippen LogP contribution in [-0.2, 0) is 14.8 Å². The van der Waals surface area contributed by atoms with Gasteiger partial charge in [-0.1, -0.05) is 39.1 Å². The van der Waals surface area contributed by atoms with Crippen molar-refractivity contribution in [1.29, 1.82) is 0 Å². The Kier molecular flexibility index (Phi) is 10.3. The average molecular weight is 508 g/mol. The molecule has 0 aliphatic heterocycles. The van der Waals surface area contributed by atoms with Crippen molar-refractivity contribution in [3.8, 4) is 11.5 Å². The van der Waals surface area contributed by atoms with Crippen LogP contribution in [-0.4, -0.2) is 40.4 Å². The van der Waals surface area contributed by atoms with E-state index in [-0.39, 0.29) is 0 Å². The lowest BCUT2D eigenvalue weighted by molar-refractivity contribution is 0.0591. The molecular weight excluding hydrogens is 487 g/mol. The van der Waals surface area contributed by atoms with Crippen LogP contribution in [0.4, 0.5) is 0 Å². The lowest BCUT2D eigenvalue weighted by Crippen LogP contribution is -2.03. The molecule has 158 valence electrons. The van der Waals surface area contributed by atoms with Crippen molar-refractivity contribution in [3.63, 3.8) is 0 Å². The molecule has 2 aromatic carbocycles. The molecule has 2 aromatic rings. The predicted octanol–water partition coefficient (Wildman–Crippen LogP) is 5.47. The Morgan fingerprint density at radius 2 is 1.28 bits per heavy atom. The van der Waals surface area contributed by atoms with Crippen molar-refractivity contribution in [2.75, 3.05) is 28.4 Å². The van der Waals surface area contributed by atoms with Gasteiger partial charge in [0, 0.05) is 5.33 Å². The Labute approximate surface area is 188 Å². The van der Waals surface area contributed by atoms with Crippen molar-refractivity contribution in [2.24, 2.45) is 0 Å². The van der Waals surface area contributed by atoms with Crippen LogP contribution in [0.3, 0.4) is 0 Å². The number of hydrogen-bond donors (Lipinski definition) is 0. The van der Waals surface area contributed by atoms with E-state index in [9.17, 15) is 9.59 Å². The van der Waals surface area contributed by atoms with Crippen LogP contribution in [0.1, 0.15) is 31.8 Å². The van der Waals surface area contributed by atoms with E-state index in [2.05, 4.69) is 25.4 Å². The molecule has 0 unspecified atom stereocenters. The molecule has 0 fully saturated rings. The van der Waals surface area contributed by atoms with E-state index in [1.54, 1.807) is 31.2 Å². The highest BCUT2D eigenvalue weighted by Crippen LogP contribution is 2.31.